The lowest BCUT2D eigenvalue weighted by Gasteiger charge is -2.28. The van der Waals surface area contributed by atoms with Crippen molar-refractivity contribution >= 4 is 5.82 Å². The number of aliphatic hydroxyl groups is 1. The Morgan fingerprint density at radius 1 is 1.36 bits per heavy atom. The molecule has 0 atom stereocenters. The van der Waals surface area contributed by atoms with Gasteiger partial charge in [-0.05, 0) is 11.6 Å². The molecule has 1 aliphatic heterocycles. The van der Waals surface area contributed by atoms with Crippen molar-refractivity contribution in [2.75, 3.05) is 31.1 Å². The molecule has 1 saturated heterocycles. The monoisotopic (exact) mass is 193 g/mol. The van der Waals surface area contributed by atoms with Crippen LogP contribution in [-0.4, -0.2) is 36.3 Å². The molecule has 76 valence electrons. The molecule has 2 rings (SSSR count). The van der Waals surface area contributed by atoms with Crippen LogP contribution in [-0.2, 0) is 6.61 Å². The summed E-state index contributed by atoms with van der Waals surface area (Å²) in [6, 6.07) is 3.89. The van der Waals surface area contributed by atoms with Gasteiger partial charge in [0.15, 0.2) is 0 Å². The second-order valence-corrected chi connectivity index (χ2v) is 3.42. The van der Waals surface area contributed by atoms with E-state index in [4.69, 9.17) is 5.11 Å². The van der Waals surface area contributed by atoms with Crippen LogP contribution in [0.4, 0.5) is 5.82 Å². The highest BCUT2D eigenvalue weighted by atomic mass is 16.3. The average molecular weight is 193 g/mol. The van der Waals surface area contributed by atoms with Crippen LogP contribution >= 0.6 is 0 Å². The Bertz CT molecular complexity index is 280. The van der Waals surface area contributed by atoms with Gasteiger partial charge in [0.25, 0.3) is 0 Å². The molecule has 1 fully saturated rings. The third-order valence-corrected chi connectivity index (χ3v) is 2.43. The predicted octanol–water partition coefficient (Wildman–Crippen LogP) is -0.0165. The lowest BCUT2D eigenvalue weighted by Crippen LogP contribution is -2.43. The smallest absolute Gasteiger partial charge is 0.128 e. The summed E-state index contributed by atoms with van der Waals surface area (Å²) >= 11 is 0. The summed E-state index contributed by atoms with van der Waals surface area (Å²) in [5, 5.41) is 12.2. The summed E-state index contributed by atoms with van der Waals surface area (Å²) in [5.41, 5.74) is 0.865. The zero-order chi connectivity index (χ0) is 9.80. The maximum absolute atomic E-state index is 8.88. The number of hydrogen-bond donors (Lipinski definition) is 2. The molecular formula is C10H15N3O. The Morgan fingerprint density at radius 3 is 2.71 bits per heavy atom. The van der Waals surface area contributed by atoms with Gasteiger partial charge >= 0.3 is 0 Å². The number of anilines is 1. The first-order valence-corrected chi connectivity index (χ1v) is 4.91. The van der Waals surface area contributed by atoms with E-state index in [0.29, 0.717) is 0 Å². The molecule has 0 aromatic carbocycles. The van der Waals surface area contributed by atoms with Gasteiger partial charge in [0.05, 0.1) is 6.61 Å². The highest BCUT2D eigenvalue weighted by Crippen LogP contribution is 2.11. The first kappa shape index (κ1) is 9.43. The van der Waals surface area contributed by atoms with E-state index in [0.717, 1.165) is 37.6 Å². The Morgan fingerprint density at radius 2 is 2.14 bits per heavy atom. The Balaban J connectivity index is 2.07. The fourth-order valence-corrected chi connectivity index (χ4v) is 1.59. The van der Waals surface area contributed by atoms with Crippen molar-refractivity contribution in [2.45, 2.75) is 6.61 Å². The van der Waals surface area contributed by atoms with Gasteiger partial charge in [0.1, 0.15) is 5.82 Å². The normalized spacial score (nSPS) is 17.1. The van der Waals surface area contributed by atoms with Crippen molar-refractivity contribution in [2.24, 2.45) is 0 Å². The largest absolute Gasteiger partial charge is 0.392 e. The highest BCUT2D eigenvalue weighted by molar-refractivity contribution is 5.39. The highest BCUT2D eigenvalue weighted by Gasteiger charge is 2.10. The van der Waals surface area contributed by atoms with E-state index in [9.17, 15) is 0 Å². The van der Waals surface area contributed by atoms with Crippen LogP contribution < -0.4 is 10.2 Å². The fraction of sp³-hybridized carbons (Fsp3) is 0.500. The molecule has 0 amide bonds. The fourth-order valence-electron chi connectivity index (χ4n) is 1.59. The number of aromatic nitrogens is 1. The topological polar surface area (TPSA) is 48.4 Å². The zero-order valence-corrected chi connectivity index (χ0v) is 8.11. The molecule has 0 saturated carbocycles. The van der Waals surface area contributed by atoms with E-state index in [1.807, 2.05) is 12.1 Å². The molecule has 14 heavy (non-hydrogen) atoms. The molecule has 2 N–H and O–H groups in total. The number of aliphatic hydroxyl groups excluding tert-OH is 1. The van der Waals surface area contributed by atoms with Gasteiger partial charge in [-0.2, -0.15) is 0 Å². The average Bonchev–Trinajstić information content (AvgIpc) is 2.30. The summed E-state index contributed by atoms with van der Waals surface area (Å²) in [4.78, 5) is 6.56. The molecule has 0 bridgehead atoms. The quantitative estimate of drug-likeness (QED) is 0.693. The second-order valence-electron chi connectivity index (χ2n) is 3.42. The van der Waals surface area contributed by atoms with Gasteiger partial charge in [-0.1, -0.05) is 6.07 Å². The van der Waals surface area contributed by atoms with Crippen LogP contribution in [0.2, 0.25) is 0 Å². The minimum absolute atomic E-state index is 0.0643. The lowest BCUT2D eigenvalue weighted by molar-refractivity contribution is 0.281. The summed E-state index contributed by atoms with van der Waals surface area (Å²) < 4.78 is 0. The molecule has 0 aliphatic carbocycles. The Labute approximate surface area is 83.6 Å². The van der Waals surface area contributed by atoms with Crippen LogP contribution in [0.3, 0.4) is 0 Å². The maximum atomic E-state index is 8.88. The van der Waals surface area contributed by atoms with E-state index in [1.165, 1.54) is 0 Å². The molecule has 0 radical (unpaired) electrons. The van der Waals surface area contributed by atoms with Crippen LogP contribution in [0.15, 0.2) is 18.3 Å². The third kappa shape index (κ3) is 2.02. The summed E-state index contributed by atoms with van der Waals surface area (Å²) in [6.07, 6.45) is 1.73. The van der Waals surface area contributed by atoms with Crippen molar-refractivity contribution in [3.05, 3.63) is 23.9 Å². The first-order chi connectivity index (χ1) is 6.90. The van der Waals surface area contributed by atoms with E-state index < -0.39 is 0 Å². The molecular weight excluding hydrogens is 178 g/mol. The molecule has 0 unspecified atom stereocenters. The molecule has 1 aromatic rings. The van der Waals surface area contributed by atoms with Crippen molar-refractivity contribution in [1.29, 1.82) is 0 Å². The SMILES string of the molecule is OCc1ccc(N2CCNCC2)nc1. The molecule has 2 heterocycles. The van der Waals surface area contributed by atoms with E-state index >= 15 is 0 Å². The van der Waals surface area contributed by atoms with Crippen LogP contribution in [0.1, 0.15) is 5.56 Å². The molecule has 0 spiro atoms. The molecule has 1 aliphatic rings. The van der Waals surface area contributed by atoms with E-state index in [-0.39, 0.29) is 6.61 Å². The number of nitrogens with zero attached hydrogens (tertiary/aromatic N) is 2. The summed E-state index contributed by atoms with van der Waals surface area (Å²) in [5.74, 6) is 1.00. The lowest BCUT2D eigenvalue weighted by atomic mass is 10.3. The zero-order valence-electron chi connectivity index (χ0n) is 8.11. The maximum Gasteiger partial charge on any atom is 0.128 e. The second kappa shape index (κ2) is 4.39. The van der Waals surface area contributed by atoms with Crippen LogP contribution in [0.25, 0.3) is 0 Å². The standard InChI is InChI=1S/C10H15N3O/c14-8-9-1-2-10(12-7-9)13-5-3-11-4-6-13/h1-2,7,11,14H,3-6,8H2. The minimum atomic E-state index is 0.0643. The number of pyridine rings is 1. The summed E-state index contributed by atoms with van der Waals surface area (Å²) in [7, 11) is 0. The molecule has 4 heteroatoms. The Hall–Kier alpha value is -1.13. The van der Waals surface area contributed by atoms with Gasteiger partial charge in [-0.25, -0.2) is 4.98 Å². The number of hydrogen-bond acceptors (Lipinski definition) is 4. The van der Waals surface area contributed by atoms with E-state index in [1.54, 1.807) is 6.20 Å². The van der Waals surface area contributed by atoms with Crippen LogP contribution in [0, 0.1) is 0 Å². The van der Waals surface area contributed by atoms with Gasteiger partial charge in [0.2, 0.25) is 0 Å². The van der Waals surface area contributed by atoms with Crippen molar-refractivity contribution in [3.63, 3.8) is 0 Å². The van der Waals surface area contributed by atoms with Crippen molar-refractivity contribution in [3.8, 4) is 0 Å². The molecule has 4 nitrogen and oxygen atoms in total. The first-order valence-electron chi connectivity index (χ1n) is 4.91. The number of nitrogens with one attached hydrogen (secondary N) is 1. The summed E-state index contributed by atoms with van der Waals surface area (Å²) in [6.45, 7) is 4.11. The number of rotatable bonds is 2. The van der Waals surface area contributed by atoms with Gasteiger partial charge in [0, 0.05) is 32.4 Å². The van der Waals surface area contributed by atoms with Crippen molar-refractivity contribution < 1.29 is 5.11 Å². The van der Waals surface area contributed by atoms with Gasteiger partial charge in [-0.3, -0.25) is 0 Å². The molecule has 1 aromatic heterocycles. The minimum Gasteiger partial charge on any atom is -0.392 e. The number of piperazine rings is 1. The predicted molar refractivity (Wildman–Crippen MR) is 55.2 cm³/mol. The van der Waals surface area contributed by atoms with Gasteiger partial charge < -0.3 is 15.3 Å². The Kier molecular flexibility index (Phi) is 2.96. The van der Waals surface area contributed by atoms with Gasteiger partial charge in [-0.15, -0.1) is 0 Å². The third-order valence-electron chi connectivity index (χ3n) is 2.43. The van der Waals surface area contributed by atoms with E-state index in [2.05, 4.69) is 15.2 Å². The van der Waals surface area contributed by atoms with Crippen molar-refractivity contribution in [1.82, 2.24) is 10.3 Å². The van der Waals surface area contributed by atoms with Crippen LogP contribution in [0.5, 0.6) is 0 Å².